The monoisotopic (exact) mass is 224 g/mol. The molecule has 0 radical (unpaired) electrons. The van der Waals surface area contributed by atoms with Crippen molar-refractivity contribution in [3.8, 4) is 0 Å². The first kappa shape index (κ1) is 11.7. The summed E-state index contributed by atoms with van der Waals surface area (Å²) in [5, 5.41) is 2.66. The molecule has 0 fully saturated rings. The molecule has 1 rings (SSSR count). The highest BCUT2D eigenvalue weighted by atomic mass is 16.5. The Hall–Kier alpha value is -2.34. The first-order valence-corrected chi connectivity index (χ1v) is 4.32. The molecule has 0 saturated carbocycles. The van der Waals surface area contributed by atoms with E-state index in [9.17, 15) is 14.4 Å². The maximum Gasteiger partial charge on any atom is 0.396 e. The van der Waals surface area contributed by atoms with E-state index < -0.39 is 17.9 Å². The zero-order valence-electron chi connectivity index (χ0n) is 8.41. The molecule has 8 nitrogen and oxygen atoms in total. The summed E-state index contributed by atoms with van der Waals surface area (Å²) in [5.74, 6) is -0.854. The van der Waals surface area contributed by atoms with Crippen molar-refractivity contribution < 1.29 is 19.1 Å². The molecule has 1 aliphatic rings. The SMILES string of the molecule is CC1=CC(=O)N(CCOC(=O)N=[N+]=[N-])C1=O. The lowest BCUT2D eigenvalue weighted by Gasteiger charge is -2.13. The third kappa shape index (κ3) is 2.58. The lowest BCUT2D eigenvalue weighted by atomic mass is 10.3. The minimum Gasteiger partial charge on any atom is -0.459 e. The first-order valence-electron chi connectivity index (χ1n) is 4.32. The molecule has 84 valence electrons. The van der Waals surface area contributed by atoms with Gasteiger partial charge in [0.15, 0.2) is 0 Å². The van der Waals surface area contributed by atoms with Crippen molar-refractivity contribution in [3.05, 3.63) is 22.1 Å². The number of hydrogen-bond acceptors (Lipinski definition) is 4. The quantitative estimate of drug-likeness (QED) is 0.304. The van der Waals surface area contributed by atoms with Crippen LogP contribution in [0.2, 0.25) is 0 Å². The Labute approximate surface area is 90.1 Å². The number of rotatable bonds is 3. The highest BCUT2D eigenvalue weighted by Crippen LogP contribution is 2.10. The topological polar surface area (TPSA) is 112 Å². The summed E-state index contributed by atoms with van der Waals surface area (Å²) in [7, 11) is 0. The third-order valence-corrected chi connectivity index (χ3v) is 1.86. The molecule has 0 aliphatic carbocycles. The van der Waals surface area contributed by atoms with Crippen LogP contribution in [0.1, 0.15) is 6.92 Å². The lowest BCUT2D eigenvalue weighted by molar-refractivity contribution is -0.137. The number of imide groups is 1. The van der Waals surface area contributed by atoms with Gasteiger partial charge in [0.1, 0.15) is 6.61 Å². The van der Waals surface area contributed by atoms with Gasteiger partial charge < -0.3 is 4.74 Å². The van der Waals surface area contributed by atoms with Crippen molar-refractivity contribution in [2.24, 2.45) is 5.11 Å². The number of amides is 3. The zero-order chi connectivity index (χ0) is 12.1. The van der Waals surface area contributed by atoms with Crippen LogP contribution in [0, 0.1) is 0 Å². The first-order chi connectivity index (χ1) is 7.56. The van der Waals surface area contributed by atoms with Crippen molar-refractivity contribution in [2.45, 2.75) is 6.92 Å². The van der Waals surface area contributed by atoms with E-state index in [1.807, 2.05) is 0 Å². The molecule has 16 heavy (non-hydrogen) atoms. The van der Waals surface area contributed by atoms with E-state index in [0.29, 0.717) is 5.57 Å². The van der Waals surface area contributed by atoms with Crippen molar-refractivity contribution in [3.63, 3.8) is 0 Å². The number of nitrogens with zero attached hydrogens (tertiary/aromatic N) is 4. The molecule has 0 aromatic heterocycles. The Morgan fingerprint density at radius 1 is 1.62 bits per heavy atom. The summed E-state index contributed by atoms with van der Waals surface area (Å²) in [6.07, 6.45) is 0.115. The van der Waals surface area contributed by atoms with E-state index in [2.05, 4.69) is 14.8 Å². The zero-order valence-corrected chi connectivity index (χ0v) is 8.41. The molecule has 0 N–H and O–H groups in total. The highest BCUT2D eigenvalue weighted by molar-refractivity contribution is 6.15. The Balaban J connectivity index is 2.40. The summed E-state index contributed by atoms with van der Waals surface area (Å²) in [4.78, 5) is 36.3. The van der Waals surface area contributed by atoms with Gasteiger partial charge in [-0.3, -0.25) is 14.5 Å². The van der Waals surface area contributed by atoms with E-state index in [1.54, 1.807) is 0 Å². The molecule has 0 unspecified atom stereocenters. The molecule has 0 atom stereocenters. The second-order valence-electron chi connectivity index (χ2n) is 2.93. The summed E-state index contributed by atoms with van der Waals surface area (Å²) in [6.45, 7) is 1.26. The normalized spacial score (nSPS) is 14.6. The molecule has 0 aromatic rings. The highest BCUT2D eigenvalue weighted by Gasteiger charge is 2.27. The fourth-order valence-corrected chi connectivity index (χ4v) is 1.14. The molecular formula is C8H8N4O4. The number of hydrogen-bond donors (Lipinski definition) is 0. The number of carbonyl (C=O) groups excluding carboxylic acids is 3. The van der Waals surface area contributed by atoms with Crippen LogP contribution in [0.25, 0.3) is 10.4 Å². The lowest BCUT2D eigenvalue weighted by Crippen LogP contribution is -2.34. The number of ether oxygens (including phenoxy) is 1. The van der Waals surface area contributed by atoms with Gasteiger partial charge in [0.05, 0.1) is 6.54 Å². The van der Waals surface area contributed by atoms with Gasteiger partial charge in [-0.2, -0.15) is 0 Å². The maximum absolute atomic E-state index is 11.3. The van der Waals surface area contributed by atoms with E-state index in [0.717, 1.165) is 4.90 Å². The van der Waals surface area contributed by atoms with E-state index in [4.69, 9.17) is 5.53 Å². The van der Waals surface area contributed by atoms with Crippen molar-refractivity contribution in [1.29, 1.82) is 0 Å². The summed E-state index contributed by atoms with van der Waals surface area (Å²) in [6, 6.07) is 0. The van der Waals surface area contributed by atoms with Crippen molar-refractivity contribution in [2.75, 3.05) is 13.2 Å². The fraction of sp³-hybridized carbons (Fsp3) is 0.375. The molecule has 0 spiro atoms. The van der Waals surface area contributed by atoms with Crippen LogP contribution in [0.5, 0.6) is 0 Å². The Morgan fingerprint density at radius 2 is 2.31 bits per heavy atom. The molecule has 1 aliphatic heterocycles. The Bertz CT molecular complexity index is 422. The summed E-state index contributed by atoms with van der Waals surface area (Å²) < 4.78 is 4.45. The van der Waals surface area contributed by atoms with Gasteiger partial charge in [-0.05, 0) is 12.5 Å². The van der Waals surface area contributed by atoms with Crippen molar-refractivity contribution >= 4 is 17.9 Å². The number of carbonyl (C=O) groups is 3. The third-order valence-electron chi connectivity index (χ3n) is 1.86. The van der Waals surface area contributed by atoms with Crippen LogP contribution in [0.3, 0.4) is 0 Å². The van der Waals surface area contributed by atoms with E-state index >= 15 is 0 Å². The largest absolute Gasteiger partial charge is 0.459 e. The van der Waals surface area contributed by atoms with Crippen LogP contribution in [-0.4, -0.2) is 36.0 Å². The van der Waals surface area contributed by atoms with Crippen LogP contribution in [0.15, 0.2) is 16.8 Å². The van der Waals surface area contributed by atoms with Crippen LogP contribution >= 0.6 is 0 Å². The van der Waals surface area contributed by atoms with Gasteiger partial charge >= 0.3 is 6.09 Å². The van der Waals surface area contributed by atoms with E-state index in [1.165, 1.54) is 13.0 Å². The second-order valence-corrected chi connectivity index (χ2v) is 2.93. The average molecular weight is 224 g/mol. The smallest absolute Gasteiger partial charge is 0.396 e. The van der Waals surface area contributed by atoms with Gasteiger partial charge in [-0.1, -0.05) is 0 Å². The van der Waals surface area contributed by atoms with Gasteiger partial charge in [0, 0.05) is 21.7 Å². The number of azide groups is 1. The molecule has 0 aromatic carbocycles. The molecule has 3 amide bonds. The van der Waals surface area contributed by atoms with E-state index in [-0.39, 0.29) is 13.2 Å². The molecule has 1 heterocycles. The Morgan fingerprint density at radius 3 is 2.81 bits per heavy atom. The fourth-order valence-electron chi connectivity index (χ4n) is 1.14. The van der Waals surface area contributed by atoms with Crippen molar-refractivity contribution in [1.82, 2.24) is 4.90 Å². The molecular weight excluding hydrogens is 216 g/mol. The van der Waals surface area contributed by atoms with Crippen LogP contribution < -0.4 is 0 Å². The van der Waals surface area contributed by atoms with Gasteiger partial charge in [-0.25, -0.2) is 4.79 Å². The predicted molar refractivity (Wildman–Crippen MR) is 51.0 cm³/mol. The van der Waals surface area contributed by atoms with Gasteiger partial charge in [0.25, 0.3) is 11.8 Å². The predicted octanol–water partition coefficient (Wildman–Crippen LogP) is 0.748. The Kier molecular flexibility index (Phi) is 3.62. The van der Waals surface area contributed by atoms with Crippen LogP contribution in [-0.2, 0) is 14.3 Å². The second kappa shape index (κ2) is 4.94. The maximum atomic E-state index is 11.3. The standard InChI is InChI=1S/C8H8N4O4/c1-5-4-6(13)12(7(5)14)2-3-16-8(15)10-11-9/h4H,2-3H2,1H3. The summed E-state index contributed by atoms with van der Waals surface area (Å²) >= 11 is 0. The van der Waals surface area contributed by atoms with Gasteiger partial charge in [-0.15, -0.1) is 0 Å². The molecule has 0 saturated heterocycles. The minimum absolute atomic E-state index is 0.0573. The average Bonchev–Trinajstić information content (AvgIpc) is 2.45. The van der Waals surface area contributed by atoms with Gasteiger partial charge in [0.2, 0.25) is 0 Å². The molecule has 0 bridgehead atoms. The summed E-state index contributed by atoms with van der Waals surface area (Å²) in [5.41, 5.74) is 8.24. The minimum atomic E-state index is -1.09. The molecule has 8 heteroatoms. The van der Waals surface area contributed by atoms with Crippen LogP contribution in [0.4, 0.5) is 4.79 Å².